The van der Waals surface area contributed by atoms with E-state index in [0.29, 0.717) is 5.69 Å². The van der Waals surface area contributed by atoms with E-state index in [1.54, 1.807) is 19.3 Å². The summed E-state index contributed by atoms with van der Waals surface area (Å²) >= 11 is 0. The van der Waals surface area contributed by atoms with Crippen molar-refractivity contribution in [2.45, 2.75) is 14.4 Å². The Morgan fingerprint density at radius 1 is 1.58 bits per heavy atom. The Morgan fingerprint density at radius 2 is 2.25 bits per heavy atom. The Morgan fingerprint density at radius 3 is 2.75 bits per heavy atom. The van der Waals surface area contributed by atoms with Crippen molar-refractivity contribution in [1.29, 1.82) is 0 Å². The van der Waals surface area contributed by atoms with Crippen LogP contribution in [0, 0.1) is 6.92 Å². The van der Waals surface area contributed by atoms with Crippen LogP contribution in [0.5, 0.6) is 0 Å². The summed E-state index contributed by atoms with van der Waals surface area (Å²) in [6.07, 6.45) is 1.62. The van der Waals surface area contributed by atoms with Crippen LogP contribution in [0.4, 0.5) is 0 Å². The van der Waals surface area contributed by atoms with Gasteiger partial charge < -0.3 is 5.32 Å². The molecule has 0 bridgehead atoms. The maximum atomic E-state index is 11.0. The van der Waals surface area contributed by atoms with E-state index in [1.165, 1.54) is 0 Å². The fraction of sp³-hybridized carbons (Fsp3) is 0.333. The second kappa shape index (κ2) is 4.49. The van der Waals surface area contributed by atoms with E-state index in [-0.39, 0.29) is 13.3 Å². The molecule has 0 aliphatic heterocycles. The van der Waals surface area contributed by atoms with Gasteiger partial charge in [0.1, 0.15) is 5.69 Å². The van der Waals surface area contributed by atoms with Crippen molar-refractivity contribution in [1.82, 2.24) is 10.3 Å². The number of carbonyl (C=O) groups excluding carboxylic acids is 1. The molecule has 1 rings (SSSR count). The summed E-state index contributed by atoms with van der Waals surface area (Å²) in [4.78, 5) is 14.9. The second-order valence-electron chi connectivity index (χ2n) is 2.30. The Labute approximate surface area is 72.8 Å². The second-order valence-corrected chi connectivity index (χ2v) is 2.30. The van der Waals surface area contributed by atoms with Crippen LogP contribution in [0.2, 0.25) is 0 Å². The van der Waals surface area contributed by atoms with Crippen LogP contribution < -0.4 is 5.32 Å². The largest absolute Gasteiger partial charge is 0.354 e. The van der Waals surface area contributed by atoms with Crippen molar-refractivity contribution >= 4 is 5.91 Å². The lowest BCUT2D eigenvalue weighted by molar-refractivity contribution is 0.0958. The maximum absolute atomic E-state index is 11.0. The molecular formula is C9H14N2O. The van der Waals surface area contributed by atoms with Gasteiger partial charge in [-0.15, -0.1) is 0 Å². The number of aryl methyl sites for hydroxylation is 1. The standard InChI is InChI=1S/C8H10N2O.CH4/c1-6-3-4-10-7(5-6)8(11)9-2;/h3-5H,1-2H3,(H,9,11);1H4. The number of hydrogen-bond donors (Lipinski definition) is 1. The Hall–Kier alpha value is -1.38. The molecule has 3 nitrogen and oxygen atoms in total. The molecule has 1 amide bonds. The zero-order chi connectivity index (χ0) is 8.27. The molecule has 1 aromatic rings. The highest BCUT2D eigenvalue weighted by Crippen LogP contribution is 1.98. The van der Waals surface area contributed by atoms with Gasteiger partial charge in [-0.3, -0.25) is 9.78 Å². The van der Waals surface area contributed by atoms with Crippen LogP contribution in [0.25, 0.3) is 0 Å². The first kappa shape index (κ1) is 10.6. The zero-order valence-electron chi connectivity index (χ0n) is 6.59. The topological polar surface area (TPSA) is 42.0 Å². The first-order valence-corrected chi connectivity index (χ1v) is 3.39. The lowest BCUT2D eigenvalue weighted by Crippen LogP contribution is -2.19. The molecule has 0 fully saturated rings. The third-order valence-electron chi connectivity index (χ3n) is 1.38. The first-order chi connectivity index (χ1) is 5.24. The van der Waals surface area contributed by atoms with Crippen LogP contribution in [0.3, 0.4) is 0 Å². The molecule has 0 aliphatic rings. The number of nitrogens with zero attached hydrogens (tertiary/aromatic N) is 1. The van der Waals surface area contributed by atoms with Gasteiger partial charge in [-0.1, -0.05) is 7.43 Å². The highest BCUT2D eigenvalue weighted by molar-refractivity contribution is 5.92. The Kier molecular flexibility index (Phi) is 3.97. The van der Waals surface area contributed by atoms with E-state index in [9.17, 15) is 4.79 Å². The molecule has 66 valence electrons. The molecule has 12 heavy (non-hydrogen) atoms. The minimum atomic E-state index is -0.145. The molecule has 0 spiro atoms. The van der Waals surface area contributed by atoms with Crippen LogP contribution in [0.15, 0.2) is 18.3 Å². The Balaban J connectivity index is 0.00000121. The molecule has 0 saturated carbocycles. The van der Waals surface area contributed by atoms with Crippen molar-refractivity contribution in [3.63, 3.8) is 0 Å². The zero-order valence-corrected chi connectivity index (χ0v) is 6.59. The predicted molar refractivity (Wildman–Crippen MR) is 49.1 cm³/mol. The number of amides is 1. The summed E-state index contributed by atoms with van der Waals surface area (Å²) in [6.45, 7) is 1.92. The highest BCUT2D eigenvalue weighted by atomic mass is 16.1. The van der Waals surface area contributed by atoms with E-state index < -0.39 is 0 Å². The van der Waals surface area contributed by atoms with Gasteiger partial charge in [0.05, 0.1) is 0 Å². The lowest BCUT2D eigenvalue weighted by atomic mass is 10.2. The number of hydrogen-bond acceptors (Lipinski definition) is 2. The van der Waals surface area contributed by atoms with Gasteiger partial charge in [-0.2, -0.15) is 0 Å². The smallest absolute Gasteiger partial charge is 0.269 e. The van der Waals surface area contributed by atoms with Crippen LogP contribution in [0.1, 0.15) is 23.5 Å². The highest BCUT2D eigenvalue weighted by Gasteiger charge is 2.02. The monoisotopic (exact) mass is 166 g/mol. The van der Waals surface area contributed by atoms with Crippen molar-refractivity contribution in [2.75, 3.05) is 7.05 Å². The number of pyridine rings is 1. The third-order valence-corrected chi connectivity index (χ3v) is 1.38. The van der Waals surface area contributed by atoms with Gasteiger partial charge in [-0.05, 0) is 24.6 Å². The summed E-state index contributed by atoms with van der Waals surface area (Å²) in [7, 11) is 1.59. The lowest BCUT2D eigenvalue weighted by Gasteiger charge is -1.98. The van der Waals surface area contributed by atoms with Crippen LogP contribution >= 0.6 is 0 Å². The molecule has 0 aromatic carbocycles. The van der Waals surface area contributed by atoms with Crippen molar-refractivity contribution in [3.8, 4) is 0 Å². The van der Waals surface area contributed by atoms with Crippen LogP contribution in [-0.4, -0.2) is 17.9 Å². The molecule has 0 aliphatic carbocycles. The Bertz CT molecular complexity index is 271. The number of nitrogens with one attached hydrogen (secondary N) is 1. The van der Waals surface area contributed by atoms with Gasteiger partial charge in [0.25, 0.3) is 5.91 Å². The van der Waals surface area contributed by atoms with Crippen molar-refractivity contribution in [3.05, 3.63) is 29.6 Å². The minimum Gasteiger partial charge on any atom is -0.354 e. The fourth-order valence-electron chi connectivity index (χ4n) is 0.788. The SMILES string of the molecule is C.CNC(=O)c1cc(C)ccn1. The van der Waals surface area contributed by atoms with Crippen molar-refractivity contribution in [2.24, 2.45) is 0 Å². The molecule has 0 unspecified atom stereocenters. The minimum absolute atomic E-state index is 0. The summed E-state index contributed by atoms with van der Waals surface area (Å²) < 4.78 is 0. The summed E-state index contributed by atoms with van der Waals surface area (Å²) in [6, 6.07) is 3.60. The quantitative estimate of drug-likeness (QED) is 0.685. The average Bonchev–Trinajstić information content (AvgIpc) is 2.03. The molecule has 3 heteroatoms. The normalized spacial score (nSPS) is 8.50. The van der Waals surface area contributed by atoms with Gasteiger partial charge in [0.2, 0.25) is 0 Å². The van der Waals surface area contributed by atoms with E-state index >= 15 is 0 Å². The molecule has 0 atom stereocenters. The van der Waals surface area contributed by atoms with Gasteiger partial charge in [0.15, 0.2) is 0 Å². The predicted octanol–water partition coefficient (Wildman–Crippen LogP) is 1.39. The molecule has 0 saturated heterocycles. The average molecular weight is 166 g/mol. The summed E-state index contributed by atoms with van der Waals surface area (Å²) in [5.74, 6) is -0.145. The summed E-state index contributed by atoms with van der Waals surface area (Å²) in [5, 5.41) is 2.51. The fourth-order valence-corrected chi connectivity index (χ4v) is 0.788. The molecular weight excluding hydrogens is 152 g/mol. The maximum Gasteiger partial charge on any atom is 0.269 e. The van der Waals surface area contributed by atoms with Gasteiger partial charge in [0, 0.05) is 13.2 Å². The van der Waals surface area contributed by atoms with E-state index in [2.05, 4.69) is 10.3 Å². The number of carbonyl (C=O) groups is 1. The molecule has 0 radical (unpaired) electrons. The number of aromatic nitrogens is 1. The van der Waals surface area contributed by atoms with E-state index in [0.717, 1.165) is 5.56 Å². The van der Waals surface area contributed by atoms with E-state index in [4.69, 9.17) is 0 Å². The van der Waals surface area contributed by atoms with Crippen LogP contribution in [-0.2, 0) is 0 Å². The molecule has 1 heterocycles. The van der Waals surface area contributed by atoms with E-state index in [1.807, 2.05) is 13.0 Å². The molecule has 1 N–H and O–H groups in total. The molecule has 1 aromatic heterocycles. The number of rotatable bonds is 1. The van der Waals surface area contributed by atoms with Crippen molar-refractivity contribution < 1.29 is 4.79 Å². The first-order valence-electron chi connectivity index (χ1n) is 3.39. The summed E-state index contributed by atoms with van der Waals surface area (Å²) in [5.41, 5.74) is 1.51. The third kappa shape index (κ3) is 2.34. The van der Waals surface area contributed by atoms with Gasteiger partial charge >= 0.3 is 0 Å². The van der Waals surface area contributed by atoms with Gasteiger partial charge in [-0.25, -0.2) is 0 Å².